The van der Waals surface area contributed by atoms with Crippen molar-refractivity contribution in [2.75, 3.05) is 59.4 Å². The summed E-state index contributed by atoms with van der Waals surface area (Å²) in [5, 5.41) is 14.4. The van der Waals surface area contributed by atoms with Crippen LogP contribution in [-0.2, 0) is 55.5 Å². The van der Waals surface area contributed by atoms with Crippen LogP contribution in [0.2, 0.25) is 0 Å². The molecule has 6 aromatic carbocycles. The van der Waals surface area contributed by atoms with Crippen molar-refractivity contribution in [1.29, 1.82) is 0 Å². The molecule has 4 N–H and O–H groups in total. The number of nitrogens with one attached hydrogen (secondary N) is 4. The summed E-state index contributed by atoms with van der Waals surface area (Å²) in [4.78, 5) is 84.0. The Balaban J connectivity index is 0.000000172. The fourth-order valence-electron chi connectivity index (χ4n) is 17.2. The van der Waals surface area contributed by atoms with Gasteiger partial charge in [-0.15, -0.1) is 0 Å². The number of benzene rings is 6. The molecular formula is C88H115IN6O12. The third kappa shape index (κ3) is 16.6. The molecule has 3 atom stereocenters. The van der Waals surface area contributed by atoms with Crippen LogP contribution in [0, 0.1) is 62.3 Å². The average Bonchev–Trinajstić information content (AvgIpc) is 0.731. The van der Waals surface area contributed by atoms with Gasteiger partial charge in [0.2, 0.25) is 5.91 Å². The number of fused-ring (bicyclic) bond motifs is 3. The lowest BCUT2D eigenvalue weighted by molar-refractivity contribution is -0.164. The Morgan fingerprint density at radius 3 is 0.972 bits per heavy atom. The molecule has 3 fully saturated rings. The summed E-state index contributed by atoms with van der Waals surface area (Å²) in [6.45, 7) is 35.6. The number of aryl methyl sites for hydroxylation is 3. The molecule has 6 aliphatic rings. The normalized spacial score (nSPS) is 18.0. The molecule has 3 aliphatic heterocycles. The molecule has 19 heteroatoms. The predicted molar refractivity (Wildman–Crippen MR) is 437 cm³/mol. The molecule has 3 aliphatic carbocycles. The minimum absolute atomic E-state index is 0.00703. The quantitative estimate of drug-likeness (QED) is 0.0663. The Morgan fingerprint density at radius 2 is 0.673 bits per heavy atom. The van der Waals surface area contributed by atoms with E-state index in [0.29, 0.717) is 0 Å². The number of hydrogen-bond acceptors (Lipinski definition) is 15. The van der Waals surface area contributed by atoms with Crippen molar-refractivity contribution < 1.29 is 55.5 Å². The lowest BCUT2D eigenvalue weighted by Crippen LogP contribution is -2.57. The summed E-state index contributed by atoms with van der Waals surface area (Å²) in [6.07, 6.45) is 11.8. The maximum atomic E-state index is 13.8. The van der Waals surface area contributed by atoms with Gasteiger partial charge >= 0.3 is 17.9 Å². The first kappa shape index (κ1) is 81.7. The van der Waals surface area contributed by atoms with Gasteiger partial charge < -0.3 is 57.8 Å². The summed E-state index contributed by atoms with van der Waals surface area (Å²) >= 11 is 1.63. The molecule has 18 nitrogen and oxygen atoms in total. The molecule has 12 rings (SSSR count). The smallest absolute Gasteiger partial charge is 0.349 e. The van der Waals surface area contributed by atoms with Gasteiger partial charge in [0.15, 0.2) is 41.3 Å². The van der Waals surface area contributed by atoms with Crippen molar-refractivity contribution in [1.82, 2.24) is 0 Å². The molecule has 0 saturated heterocycles. The monoisotopic (exact) mass is 1570 g/mol. The van der Waals surface area contributed by atoms with Crippen molar-refractivity contribution in [3.05, 3.63) is 140 Å². The first-order valence-corrected chi connectivity index (χ1v) is 39.1. The van der Waals surface area contributed by atoms with Crippen LogP contribution in [0.1, 0.15) is 244 Å². The van der Waals surface area contributed by atoms with Crippen LogP contribution in [0.4, 0.5) is 34.1 Å². The number of halogens is 1. The third-order valence-electron chi connectivity index (χ3n) is 22.4. The van der Waals surface area contributed by atoms with E-state index < -0.39 is 69.6 Å². The second-order valence-corrected chi connectivity index (χ2v) is 34.1. The second kappa shape index (κ2) is 32.0. The van der Waals surface area contributed by atoms with Crippen molar-refractivity contribution in [2.24, 2.45) is 0 Å². The number of carbonyl (C=O) groups is 6. The number of hydrogen-bond donors (Lipinski definition) is 4. The molecule has 576 valence electrons. The Labute approximate surface area is 649 Å². The molecule has 3 spiro atoms. The summed E-state index contributed by atoms with van der Waals surface area (Å²) in [7, 11) is 6.48. The van der Waals surface area contributed by atoms with Gasteiger partial charge in [-0.25, -0.2) is 14.4 Å². The van der Waals surface area contributed by atoms with Gasteiger partial charge in [0.05, 0.1) is 65.1 Å². The number of carbonyl (C=O) groups excluding carboxylic acids is 6. The van der Waals surface area contributed by atoms with E-state index >= 15 is 0 Å². The van der Waals surface area contributed by atoms with Gasteiger partial charge in [0.25, 0.3) is 11.8 Å². The van der Waals surface area contributed by atoms with Crippen molar-refractivity contribution in [3.8, 4) is 33.4 Å². The Hall–Kier alpha value is -7.85. The predicted octanol–water partition coefficient (Wildman–Crippen LogP) is 19.9. The van der Waals surface area contributed by atoms with Crippen LogP contribution in [0.25, 0.3) is 33.4 Å². The van der Waals surface area contributed by atoms with Crippen molar-refractivity contribution in [3.63, 3.8) is 0 Å². The summed E-state index contributed by atoms with van der Waals surface area (Å²) in [5.41, 5.74) is 18.7. The first-order valence-electron chi connectivity index (χ1n) is 38.2. The zero-order valence-corrected chi connectivity index (χ0v) is 69.6. The van der Waals surface area contributed by atoms with E-state index in [2.05, 4.69) is 136 Å². The molecule has 0 bridgehead atoms. The zero-order chi connectivity index (χ0) is 78.4. The van der Waals surface area contributed by atoms with E-state index in [9.17, 15) is 28.8 Å². The maximum absolute atomic E-state index is 13.8. The summed E-state index contributed by atoms with van der Waals surface area (Å²) in [5.74, 6) is -1.19. The minimum atomic E-state index is -0.948. The lowest BCUT2D eigenvalue weighted by Gasteiger charge is -2.46. The molecule has 107 heavy (non-hydrogen) atoms. The van der Waals surface area contributed by atoms with Crippen LogP contribution in [0.15, 0.2) is 72.8 Å². The van der Waals surface area contributed by atoms with Gasteiger partial charge in [0.1, 0.15) is 16.6 Å². The number of esters is 2. The van der Waals surface area contributed by atoms with Crippen LogP contribution in [-0.4, -0.2) is 97.4 Å². The SMILES string of the molecule is COC(=O)[C@@H](OC(C)(C)C)c1c(C)c2c(c(C)c1-c1ccc(C)cc1)NC1(CCCCC1)C(=O)N2.COC(=O)[C@@H](OC(C)(C)C)c1c(C)c2c(c(C)c1-c1ccc(C)cc1)NC1(CCCCC1)C(=O)N2C.Cc1ccc(-c2c(C)c3c(c(C)c2[C@H](OC(C)(C)C)C(=O)OI)N(C)C(=O)C2(CCCCC2)N3)cc1. The number of rotatable bonds is 12. The highest BCUT2D eigenvalue weighted by Gasteiger charge is 2.51. The zero-order valence-electron chi connectivity index (χ0n) is 67.4. The Kier molecular flexibility index (Phi) is 24.4. The standard InChI is InChI=1S/C30H40N2O4.C29H37IN2O4.C29H38N2O4/c1-18-12-14-21(15-13-18)22-19(2)24-25(32(7)28(34)30(31-24)16-10-9-11-17-30)20(3)23(22)26(27(33)35-8)36-29(4,5)6;1-17-11-13-20(14-12-17)21-18(2)23-24(32(7)27(34)29(31-23)15-9-8-10-16-29)19(3)22(21)25(26(33)36-30)35-28(4,5)6;1-17-11-13-20(14-12-17)21-18(2)24-23(30-27(33)29(31-24)15-9-8-10-16-29)19(3)22(21)25(26(32)34-7)35-28(4,5)6/h12-15,26,31H,9-11,16-17H2,1-8H3;11-14,25,31H,8-10,15-16H2,1-7H3;11-14,25,31H,8-10,15-16H2,1-7H3,(H,30,33)/t26-;2*25-/m000/s1. The number of ether oxygens (including phenoxy) is 5. The lowest BCUT2D eigenvalue weighted by atomic mass is 9.77. The second-order valence-electron chi connectivity index (χ2n) is 33.7. The number of nitrogens with zero attached hydrogens (tertiary/aromatic N) is 2. The Bertz CT molecular complexity index is 4190. The molecule has 3 heterocycles. The fraction of sp³-hybridized carbons (Fsp3) is 0.523. The van der Waals surface area contributed by atoms with Gasteiger partial charge in [-0.2, -0.15) is 0 Å². The topological polar surface area (TPSA) is 212 Å². The van der Waals surface area contributed by atoms with Crippen LogP contribution >= 0.6 is 23.0 Å². The molecule has 0 unspecified atom stereocenters. The molecule has 0 aromatic heterocycles. The van der Waals surface area contributed by atoms with Crippen LogP contribution in [0.5, 0.6) is 0 Å². The number of anilines is 6. The molecule has 3 amide bonds. The fourth-order valence-corrected chi connectivity index (χ4v) is 17.4. The van der Waals surface area contributed by atoms with Crippen molar-refractivity contribution in [2.45, 2.75) is 273 Å². The van der Waals surface area contributed by atoms with Crippen LogP contribution < -0.4 is 31.1 Å². The number of likely N-dealkylation sites (N-methyl/N-ethyl adjacent to an activating group) is 2. The number of methoxy groups -OCH3 is 2. The average molecular weight is 1580 g/mol. The molecule has 3 saturated carbocycles. The van der Waals surface area contributed by atoms with Gasteiger partial charge in [0, 0.05) is 30.8 Å². The van der Waals surface area contributed by atoms with E-state index in [1.807, 2.05) is 97.2 Å². The van der Waals surface area contributed by atoms with E-state index in [0.717, 1.165) is 231 Å². The van der Waals surface area contributed by atoms with Crippen molar-refractivity contribution >= 4 is 92.8 Å². The van der Waals surface area contributed by atoms with Gasteiger partial charge in [-0.05, 0) is 230 Å². The largest absolute Gasteiger partial charge is 0.467 e. The summed E-state index contributed by atoms with van der Waals surface area (Å²) < 4.78 is 34.7. The van der Waals surface area contributed by atoms with E-state index in [1.165, 1.54) is 14.2 Å². The van der Waals surface area contributed by atoms with Gasteiger partial charge in [-0.3, -0.25) is 14.4 Å². The Morgan fingerprint density at radius 1 is 0.393 bits per heavy atom. The molecule has 0 radical (unpaired) electrons. The first-order chi connectivity index (χ1) is 50.3. The third-order valence-corrected chi connectivity index (χ3v) is 22.8. The highest BCUT2D eigenvalue weighted by molar-refractivity contribution is 14.1. The van der Waals surface area contributed by atoms with E-state index in [-0.39, 0.29) is 17.7 Å². The summed E-state index contributed by atoms with van der Waals surface area (Å²) in [6, 6.07) is 25.0. The minimum Gasteiger partial charge on any atom is -0.467 e. The highest BCUT2D eigenvalue weighted by Crippen LogP contribution is 2.55. The van der Waals surface area contributed by atoms with Gasteiger partial charge in [-0.1, -0.05) is 147 Å². The van der Waals surface area contributed by atoms with Crippen LogP contribution in [0.3, 0.4) is 0 Å². The highest BCUT2D eigenvalue weighted by atomic mass is 127. The molecule has 6 aromatic rings. The van der Waals surface area contributed by atoms with E-state index in [4.69, 9.17) is 26.8 Å². The van der Waals surface area contributed by atoms with E-state index in [1.54, 1.807) is 32.8 Å². The maximum Gasteiger partial charge on any atom is 0.349 e. The number of amides is 3. The molecular weight excluding hydrogens is 1460 g/mol.